The predicted molar refractivity (Wildman–Crippen MR) is 72.1 cm³/mol. The minimum absolute atomic E-state index is 0.223. The first-order valence-corrected chi connectivity index (χ1v) is 7.58. The molecular formula is C11H13ClN4O2S. The van der Waals surface area contributed by atoms with Crippen LogP contribution >= 0.6 is 11.6 Å². The smallest absolute Gasteiger partial charge is 0.273 e. The van der Waals surface area contributed by atoms with Crippen LogP contribution in [0.5, 0.6) is 0 Å². The Balaban J connectivity index is 2.58. The number of sulfonamides is 1. The van der Waals surface area contributed by atoms with E-state index in [1.165, 1.54) is 4.57 Å². The van der Waals surface area contributed by atoms with E-state index in [1.54, 1.807) is 24.3 Å². The SMILES string of the molecule is CCCn1c(-c2ccc(Cl)cc2)nnc1S(N)(=O)=O. The first-order valence-electron chi connectivity index (χ1n) is 5.65. The molecule has 1 aromatic heterocycles. The minimum atomic E-state index is -3.89. The highest BCUT2D eigenvalue weighted by molar-refractivity contribution is 7.89. The molecule has 0 radical (unpaired) electrons. The Morgan fingerprint density at radius 2 is 1.89 bits per heavy atom. The second-order valence-corrected chi connectivity index (χ2v) is 5.90. The predicted octanol–water partition coefficient (Wildman–Crippen LogP) is 1.66. The summed E-state index contributed by atoms with van der Waals surface area (Å²) in [7, 11) is -3.89. The van der Waals surface area contributed by atoms with E-state index in [-0.39, 0.29) is 5.16 Å². The second-order valence-electron chi connectivity index (χ2n) is 4.01. The Morgan fingerprint density at radius 1 is 1.26 bits per heavy atom. The van der Waals surface area contributed by atoms with E-state index < -0.39 is 10.0 Å². The number of benzene rings is 1. The summed E-state index contributed by atoms with van der Waals surface area (Å²) in [6, 6.07) is 6.92. The van der Waals surface area contributed by atoms with Crippen LogP contribution < -0.4 is 5.14 Å². The molecule has 0 amide bonds. The van der Waals surface area contributed by atoms with Gasteiger partial charge in [-0.1, -0.05) is 18.5 Å². The van der Waals surface area contributed by atoms with Gasteiger partial charge in [-0.15, -0.1) is 10.2 Å². The number of halogens is 1. The highest BCUT2D eigenvalue weighted by Gasteiger charge is 2.21. The maximum Gasteiger partial charge on any atom is 0.273 e. The molecule has 0 aliphatic rings. The van der Waals surface area contributed by atoms with Crippen molar-refractivity contribution in [1.29, 1.82) is 0 Å². The van der Waals surface area contributed by atoms with Gasteiger partial charge in [-0.05, 0) is 30.7 Å². The van der Waals surface area contributed by atoms with Gasteiger partial charge in [0.1, 0.15) is 0 Å². The third-order valence-electron chi connectivity index (χ3n) is 2.52. The number of hydrogen-bond acceptors (Lipinski definition) is 4. The van der Waals surface area contributed by atoms with Crippen molar-refractivity contribution in [3.63, 3.8) is 0 Å². The first-order chi connectivity index (χ1) is 8.93. The molecule has 2 rings (SSSR count). The fourth-order valence-corrected chi connectivity index (χ4v) is 2.50. The molecule has 2 N–H and O–H groups in total. The maximum absolute atomic E-state index is 11.5. The molecule has 6 nitrogen and oxygen atoms in total. The van der Waals surface area contributed by atoms with Gasteiger partial charge in [-0.25, -0.2) is 13.6 Å². The van der Waals surface area contributed by atoms with Gasteiger partial charge >= 0.3 is 0 Å². The van der Waals surface area contributed by atoms with Crippen LogP contribution in [0.2, 0.25) is 5.02 Å². The summed E-state index contributed by atoms with van der Waals surface area (Å²) in [4.78, 5) is 0. The van der Waals surface area contributed by atoms with E-state index in [2.05, 4.69) is 10.2 Å². The quantitative estimate of drug-likeness (QED) is 0.929. The van der Waals surface area contributed by atoms with E-state index in [4.69, 9.17) is 16.7 Å². The summed E-state index contributed by atoms with van der Waals surface area (Å²) in [5.41, 5.74) is 0.736. The second kappa shape index (κ2) is 5.28. The van der Waals surface area contributed by atoms with Crippen molar-refractivity contribution < 1.29 is 8.42 Å². The van der Waals surface area contributed by atoms with E-state index in [0.717, 1.165) is 12.0 Å². The van der Waals surface area contributed by atoms with Crippen LogP contribution in [0.3, 0.4) is 0 Å². The van der Waals surface area contributed by atoms with Crippen molar-refractivity contribution in [1.82, 2.24) is 14.8 Å². The van der Waals surface area contributed by atoms with Gasteiger partial charge in [0.25, 0.3) is 15.2 Å². The van der Waals surface area contributed by atoms with Crippen LogP contribution in [0.4, 0.5) is 0 Å². The van der Waals surface area contributed by atoms with Gasteiger partial charge in [0, 0.05) is 17.1 Å². The highest BCUT2D eigenvalue weighted by Crippen LogP contribution is 2.22. The van der Waals surface area contributed by atoms with Crippen molar-refractivity contribution in [2.75, 3.05) is 0 Å². The van der Waals surface area contributed by atoms with Gasteiger partial charge in [0.15, 0.2) is 5.82 Å². The molecule has 0 spiro atoms. The highest BCUT2D eigenvalue weighted by atomic mass is 35.5. The van der Waals surface area contributed by atoms with Gasteiger partial charge in [0.2, 0.25) is 0 Å². The Bertz CT molecular complexity index is 679. The number of aromatic nitrogens is 3. The molecule has 2 aromatic rings. The topological polar surface area (TPSA) is 90.9 Å². The lowest BCUT2D eigenvalue weighted by molar-refractivity contribution is 0.559. The molecule has 0 atom stereocenters. The average Bonchev–Trinajstić information content (AvgIpc) is 2.74. The van der Waals surface area contributed by atoms with E-state index in [1.807, 2.05) is 6.92 Å². The molecule has 1 heterocycles. The lowest BCUT2D eigenvalue weighted by Gasteiger charge is -2.07. The van der Waals surface area contributed by atoms with E-state index in [9.17, 15) is 8.42 Å². The summed E-state index contributed by atoms with van der Waals surface area (Å²) in [5, 5.41) is 13.1. The van der Waals surface area contributed by atoms with Crippen molar-refractivity contribution in [2.45, 2.75) is 25.0 Å². The van der Waals surface area contributed by atoms with E-state index in [0.29, 0.717) is 17.4 Å². The maximum atomic E-state index is 11.5. The first kappa shape index (κ1) is 14.0. The lowest BCUT2D eigenvalue weighted by Crippen LogP contribution is -2.19. The number of nitrogens with zero attached hydrogens (tertiary/aromatic N) is 3. The Labute approximate surface area is 116 Å². The van der Waals surface area contributed by atoms with Gasteiger partial charge in [-0.3, -0.25) is 4.57 Å². The van der Waals surface area contributed by atoms with Crippen molar-refractivity contribution in [2.24, 2.45) is 5.14 Å². The molecule has 0 bridgehead atoms. The molecule has 0 fully saturated rings. The number of rotatable bonds is 4. The van der Waals surface area contributed by atoms with Crippen molar-refractivity contribution in [3.8, 4) is 11.4 Å². The van der Waals surface area contributed by atoms with Crippen molar-refractivity contribution in [3.05, 3.63) is 29.3 Å². The summed E-state index contributed by atoms with van der Waals surface area (Å²) in [6.07, 6.45) is 0.737. The molecule has 0 aliphatic carbocycles. The van der Waals surface area contributed by atoms with Gasteiger partial charge in [0.05, 0.1) is 0 Å². The molecule has 0 saturated carbocycles. The summed E-state index contributed by atoms with van der Waals surface area (Å²) < 4.78 is 24.4. The molecule has 102 valence electrons. The fourth-order valence-electron chi connectivity index (χ4n) is 1.74. The Kier molecular flexibility index (Phi) is 3.88. The zero-order valence-electron chi connectivity index (χ0n) is 10.2. The standard InChI is InChI=1S/C11H13ClN4O2S/c1-2-7-16-10(8-3-5-9(12)6-4-8)14-15-11(16)19(13,17)18/h3-6H,2,7H2,1H3,(H2,13,17,18). The minimum Gasteiger partial charge on any atom is -0.297 e. The molecule has 0 aliphatic heterocycles. The van der Waals surface area contributed by atoms with Crippen LogP contribution in [0.25, 0.3) is 11.4 Å². The summed E-state index contributed by atoms with van der Waals surface area (Å²) in [6.45, 7) is 2.40. The van der Waals surface area contributed by atoms with Crippen LogP contribution in [0.1, 0.15) is 13.3 Å². The van der Waals surface area contributed by atoms with Crippen molar-refractivity contribution >= 4 is 21.6 Å². The lowest BCUT2D eigenvalue weighted by atomic mass is 10.2. The Hall–Kier alpha value is -1.44. The largest absolute Gasteiger partial charge is 0.297 e. The normalized spacial score (nSPS) is 11.7. The summed E-state index contributed by atoms with van der Waals surface area (Å²) in [5.74, 6) is 0.461. The zero-order valence-corrected chi connectivity index (χ0v) is 11.8. The molecule has 0 saturated heterocycles. The Morgan fingerprint density at radius 3 is 2.42 bits per heavy atom. The summed E-state index contributed by atoms with van der Waals surface area (Å²) >= 11 is 5.82. The monoisotopic (exact) mass is 300 g/mol. The average molecular weight is 301 g/mol. The number of nitrogens with two attached hydrogens (primary N) is 1. The van der Waals surface area contributed by atoms with Gasteiger partial charge < -0.3 is 0 Å². The zero-order chi connectivity index (χ0) is 14.0. The molecular weight excluding hydrogens is 288 g/mol. The van der Waals surface area contributed by atoms with E-state index >= 15 is 0 Å². The third-order valence-corrected chi connectivity index (χ3v) is 3.58. The molecule has 19 heavy (non-hydrogen) atoms. The number of primary sulfonamides is 1. The van der Waals surface area contributed by atoms with Crippen LogP contribution in [-0.4, -0.2) is 23.2 Å². The number of hydrogen-bond donors (Lipinski definition) is 1. The third kappa shape index (κ3) is 2.94. The molecule has 1 aromatic carbocycles. The van der Waals surface area contributed by atoms with Crippen LogP contribution in [0, 0.1) is 0 Å². The van der Waals surface area contributed by atoms with Crippen LogP contribution in [0.15, 0.2) is 29.4 Å². The molecule has 0 unspecified atom stereocenters. The van der Waals surface area contributed by atoms with Crippen LogP contribution in [-0.2, 0) is 16.6 Å². The fraction of sp³-hybridized carbons (Fsp3) is 0.273. The van der Waals surface area contributed by atoms with Gasteiger partial charge in [-0.2, -0.15) is 0 Å². The molecule has 8 heteroatoms.